The molecule has 0 aliphatic heterocycles. The van der Waals surface area contributed by atoms with Crippen molar-refractivity contribution < 1.29 is 19.0 Å². The highest BCUT2D eigenvalue weighted by Gasteiger charge is 2.18. The second-order valence-corrected chi connectivity index (χ2v) is 10.3. The molecule has 1 aliphatic carbocycles. The van der Waals surface area contributed by atoms with Crippen molar-refractivity contribution in [1.29, 1.82) is 0 Å². The van der Waals surface area contributed by atoms with E-state index in [1.165, 1.54) is 70.6 Å². The molecule has 0 aromatic heterocycles. The molecule has 2 aromatic carbocycles. The Kier molecular flexibility index (Phi) is 13.2. The van der Waals surface area contributed by atoms with Gasteiger partial charge in [-0.25, -0.2) is 4.79 Å². The maximum absolute atomic E-state index is 12.5. The van der Waals surface area contributed by atoms with Gasteiger partial charge in [0, 0.05) is 0 Å². The first kappa shape index (κ1) is 28.8. The Morgan fingerprint density at radius 1 is 0.757 bits per heavy atom. The average Bonchev–Trinajstić information content (AvgIpc) is 2.93. The van der Waals surface area contributed by atoms with Gasteiger partial charge in [-0.1, -0.05) is 70.9 Å². The van der Waals surface area contributed by atoms with Crippen LogP contribution in [0.4, 0.5) is 0 Å². The molecule has 0 unspecified atom stereocenters. The molecule has 0 amide bonds. The molecule has 1 aliphatic rings. The second-order valence-electron chi connectivity index (χ2n) is 10.3. The summed E-state index contributed by atoms with van der Waals surface area (Å²) in [7, 11) is 0. The van der Waals surface area contributed by atoms with Gasteiger partial charge in [-0.2, -0.15) is 0 Å². The van der Waals surface area contributed by atoms with E-state index in [9.17, 15) is 4.79 Å². The highest BCUT2D eigenvalue weighted by molar-refractivity contribution is 5.91. The zero-order valence-corrected chi connectivity index (χ0v) is 23.0. The van der Waals surface area contributed by atoms with Gasteiger partial charge in [-0.15, -0.1) is 0 Å². The first-order valence-corrected chi connectivity index (χ1v) is 14.5. The summed E-state index contributed by atoms with van der Waals surface area (Å²) >= 11 is 0. The number of esters is 1. The van der Waals surface area contributed by atoms with Crippen LogP contribution in [0.5, 0.6) is 17.2 Å². The third-order valence-corrected chi connectivity index (χ3v) is 7.25. The molecule has 4 nitrogen and oxygen atoms in total. The van der Waals surface area contributed by atoms with Gasteiger partial charge in [0.15, 0.2) is 0 Å². The molecule has 0 N–H and O–H groups in total. The number of unbranched alkanes of at least 4 members (excludes halogenated alkanes) is 5. The summed E-state index contributed by atoms with van der Waals surface area (Å²) in [4.78, 5) is 12.5. The highest BCUT2D eigenvalue weighted by atomic mass is 16.5. The second kappa shape index (κ2) is 16.9. The molecule has 2 aromatic rings. The fourth-order valence-electron chi connectivity index (χ4n) is 4.92. The van der Waals surface area contributed by atoms with Crippen LogP contribution in [0.3, 0.4) is 0 Å². The van der Waals surface area contributed by atoms with Crippen LogP contribution >= 0.6 is 0 Å². The third-order valence-electron chi connectivity index (χ3n) is 7.25. The van der Waals surface area contributed by atoms with Crippen molar-refractivity contribution in [2.45, 2.75) is 90.9 Å². The first-order valence-electron chi connectivity index (χ1n) is 14.5. The molecular weight excluding hydrogens is 460 g/mol. The molecule has 0 bridgehead atoms. The Bertz CT molecular complexity index is 908. The van der Waals surface area contributed by atoms with Crippen LogP contribution in [-0.4, -0.2) is 19.2 Å². The molecule has 0 spiro atoms. The minimum atomic E-state index is -0.383. The van der Waals surface area contributed by atoms with E-state index in [1.807, 2.05) is 24.3 Å². The number of ether oxygens (including phenoxy) is 3. The molecule has 1 fully saturated rings. The van der Waals surface area contributed by atoms with Crippen molar-refractivity contribution in [3.63, 3.8) is 0 Å². The van der Waals surface area contributed by atoms with E-state index in [0.717, 1.165) is 23.8 Å². The maximum atomic E-state index is 12.5. The molecule has 3 rings (SSSR count). The lowest BCUT2D eigenvalue weighted by molar-refractivity contribution is 0.0734. The predicted molar refractivity (Wildman–Crippen MR) is 152 cm³/mol. The van der Waals surface area contributed by atoms with Gasteiger partial charge in [-0.3, -0.25) is 0 Å². The SMILES string of the molecule is CCCCCCOc1ccc(C(=O)Oc2ccc(OC/C=C/[C@H]3CC[C@H](CCCCC)CC3)cc2)cc1. The predicted octanol–water partition coefficient (Wildman–Crippen LogP) is 9.19. The maximum Gasteiger partial charge on any atom is 0.343 e. The lowest BCUT2D eigenvalue weighted by Crippen LogP contribution is -2.13. The first-order chi connectivity index (χ1) is 18.2. The highest BCUT2D eigenvalue weighted by Crippen LogP contribution is 2.32. The summed E-state index contributed by atoms with van der Waals surface area (Å²) in [6, 6.07) is 14.3. The van der Waals surface area contributed by atoms with Crippen LogP contribution < -0.4 is 14.2 Å². The summed E-state index contributed by atoms with van der Waals surface area (Å²) in [5.41, 5.74) is 0.499. The Hall–Kier alpha value is -2.75. The normalized spacial score (nSPS) is 17.6. The van der Waals surface area contributed by atoms with Gasteiger partial charge in [0.2, 0.25) is 0 Å². The molecule has 202 valence electrons. The fraction of sp³-hybridized carbons (Fsp3) is 0.545. The number of carbonyl (C=O) groups excluding carboxylic acids is 1. The van der Waals surface area contributed by atoms with Crippen LogP contribution in [0, 0.1) is 11.8 Å². The van der Waals surface area contributed by atoms with Gasteiger partial charge in [-0.05, 0) is 92.5 Å². The van der Waals surface area contributed by atoms with E-state index >= 15 is 0 Å². The molecule has 0 radical (unpaired) electrons. The van der Waals surface area contributed by atoms with Crippen LogP contribution in [0.15, 0.2) is 60.7 Å². The third kappa shape index (κ3) is 11.0. The van der Waals surface area contributed by atoms with Crippen LogP contribution in [0.1, 0.15) is 101 Å². The van der Waals surface area contributed by atoms with Gasteiger partial charge in [0.25, 0.3) is 0 Å². The summed E-state index contributed by atoms with van der Waals surface area (Å²) in [5.74, 6) is 3.30. The Morgan fingerprint density at radius 3 is 2.08 bits per heavy atom. The zero-order chi connectivity index (χ0) is 26.1. The minimum Gasteiger partial charge on any atom is -0.494 e. The van der Waals surface area contributed by atoms with Gasteiger partial charge in [0.1, 0.15) is 23.9 Å². The average molecular weight is 507 g/mol. The standard InChI is InChI=1S/C33H46O4/c1-3-5-7-9-25-35-30-19-17-29(18-20-30)33(34)37-32-23-21-31(22-24-32)36-26-10-12-28-15-13-27(14-16-28)11-8-6-4-2/h10,12,17-24,27-28H,3-9,11,13-16,25-26H2,1-2H3/b12-10+/t27-,28-. The van der Waals surface area contributed by atoms with E-state index < -0.39 is 0 Å². The summed E-state index contributed by atoms with van der Waals surface area (Å²) in [6.45, 7) is 5.73. The molecule has 1 saturated carbocycles. The Morgan fingerprint density at radius 2 is 1.38 bits per heavy atom. The lowest BCUT2D eigenvalue weighted by Gasteiger charge is -2.26. The monoisotopic (exact) mass is 506 g/mol. The summed E-state index contributed by atoms with van der Waals surface area (Å²) in [6.07, 6.45) is 20.0. The Balaban J connectivity index is 1.33. The molecule has 0 heterocycles. The van der Waals surface area contributed by atoms with Gasteiger partial charge < -0.3 is 14.2 Å². The smallest absolute Gasteiger partial charge is 0.343 e. The number of hydrogen-bond acceptors (Lipinski definition) is 4. The van der Waals surface area contributed by atoms with E-state index in [2.05, 4.69) is 26.0 Å². The van der Waals surface area contributed by atoms with E-state index in [0.29, 0.717) is 30.4 Å². The number of allylic oxidation sites excluding steroid dienone is 1. The quantitative estimate of drug-likeness (QED) is 0.0985. The zero-order valence-electron chi connectivity index (χ0n) is 23.0. The van der Waals surface area contributed by atoms with Crippen LogP contribution in [-0.2, 0) is 0 Å². The lowest BCUT2D eigenvalue weighted by atomic mass is 9.79. The summed E-state index contributed by atoms with van der Waals surface area (Å²) in [5, 5.41) is 0. The summed E-state index contributed by atoms with van der Waals surface area (Å²) < 4.78 is 17.1. The molecule has 4 heteroatoms. The van der Waals surface area contributed by atoms with Crippen molar-refractivity contribution in [1.82, 2.24) is 0 Å². The molecule has 0 atom stereocenters. The molecular formula is C33H46O4. The van der Waals surface area contributed by atoms with E-state index in [-0.39, 0.29) is 5.97 Å². The van der Waals surface area contributed by atoms with Crippen molar-refractivity contribution >= 4 is 5.97 Å². The fourth-order valence-corrected chi connectivity index (χ4v) is 4.92. The van der Waals surface area contributed by atoms with Crippen LogP contribution in [0.25, 0.3) is 0 Å². The van der Waals surface area contributed by atoms with E-state index in [1.54, 1.807) is 24.3 Å². The van der Waals surface area contributed by atoms with Crippen LogP contribution in [0.2, 0.25) is 0 Å². The van der Waals surface area contributed by atoms with Crippen molar-refractivity contribution in [3.8, 4) is 17.2 Å². The van der Waals surface area contributed by atoms with E-state index in [4.69, 9.17) is 14.2 Å². The number of carbonyl (C=O) groups is 1. The Labute approximate surface area is 224 Å². The van der Waals surface area contributed by atoms with Gasteiger partial charge in [0.05, 0.1) is 12.2 Å². The molecule has 37 heavy (non-hydrogen) atoms. The number of benzene rings is 2. The minimum absolute atomic E-state index is 0.383. The largest absolute Gasteiger partial charge is 0.494 e. The molecule has 0 saturated heterocycles. The van der Waals surface area contributed by atoms with Gasteiger partial charge >= 0.3 is 5.97 Å². The van der Waals surface area contributed by atoms with Crippen molar-refractivity contribution in [2.24, 2.45) is 11.8 Å². The number of rotatable bonds is 16. The topological polar surface area (TPSA) is 44.8 Å². The van der Waals surface area contributed by atoms with Crippen molar-refractivity contribution in [2.75, 3.05) is 13.2 Å². The van der Waals surface area contributed by atoms with Crippen molar-refractivity contribution in [3.05, 3.63) is 66.2 Å². The number of hydrogen-bond donors (Lipinski definition) is 0.